The molecule has 5 aromatic rings. The van der Waals surface area contributed by atoms with E-state index in [4.69, 9.17) is 19.4 Å². The molecule has 0 radical (unpaired) electrons. The summed E-state index contributed by atoms with van der Waals surface area (Å²) in [5.41, 5.74) is 5.01. The molecule has 10 nitrogen and oxygen atoms in total. The summed E-state index contributed by atoms with van der Waals surface area (Å²) in [7, 11) is 0. The maximum atomic E-state index is 13.1. The second-order valence-corrected chi connectivity index (χ2v) is 16.7. The van der Waals surface area contributed by atoms with Crippen molar-refractivity contribution >= 4 is 44.9 Å². The van der Waals surface area contributed by atoms with Crippen molar-refractivity contribution < 1.29 is 19.1 Å². The minimum Gasteiger partial charge on any atom is -0.444 e. The lowest BCUT2D eigenvalue weighted by Crippen LogP contribution is -2.40. The minimum absolute atomic E-state index is 0.0851. The van der Waals surface area contributed by atoms with Gasteiger partial charge in [-0.15, -0.1) is 11.3 Å². The van der Waals surface area contributed by atoms with Crippen LogP contribution >= 0.6 is 11.3 Å². The Morgan fingerprint density at radius 3 is 2.10 bits per heavy atom. The summed E-state index contributed by atoms with van der Waals surface area (Å²) in [6, 6.07) is 16.8. The lowest BCUT2D eigenvalue weighted by molar-refractivity contribution is 0.0150. The Balaban J connectivity index is 1.07. The monoisotopic (exact) mass is 682 g/mol. The van der Waals surface area contributed by atoms with Gasteiger partial charge in [0, 0.05) is 17.5 Å². The molecule has 0 saturated carbocycles. The summed E-state index contributed by atoms with van der Waals surface area (Å²) in [4.78, 5) is 48.6. The van der Waals surface area contributed by atoms with E-state index in [1.807, 2.05) is 57.4 Å². The maximum Gasteiger partial charge on any atom is 0.411 e. The smallest absolute Gasteiger partial charge is 0.411 e. The average molecular weight is 683 g/mol. The van der Waals surface area contributed by atoms with Gasteiger partial charge in [-0.05, 0) is 109 Å². The number of carbonyl (C=O) groups excluding carboxylic acids is 2. The van der Waals surface area contributed by atoms with E-state index in [0.29, 0.717) is 12.5 Å². The second kappa shape index (κ2) is 12.2. The van der Waals surface area contributed by atoms with E-state index >= 15 is 0 Å². The van der Waals surface area contributed by atoms with Crippen molar-refractivity contribution in [3.8, 4) is 21.6 Å². The van der Waals surface area contributed by atoms with Gasteiger partial charge in [0.05, 0.1) is 28.6 Å². The van der Waals surface area contributed by atoms with Gasteiger partial charge < -0.3 is 19.4 Å². The topological polar surface area (TPSA) is 116 Å². The molecule has 3 aromatic heterocycles. The Kier molecular flexibility index (Phi) is 8.24. The molecule has 2 aliphatic rings. The van der Waals surface area contributed by atoms with E-state index in [0.717, 1.165) is 73.9 Å². The number of benzene rings is 2. The number of likely N-dealkylation sites (tertiary alicyclic amines) is 2. The van der Waals surface area contributed by atoms with Crippen LogP contribution in [0.2, 0.25) is 0 Å². The number of H-pyrrole nitrogens is 2. The minimum atomic E-state index is -0.554. The molecule has 4 atom stereocenters. The zero-order valence-electron chi connectivity index (χ0n) is 29.6. The third-order valence-corrected chi connectivity index (χ3v) is 10.3. The number of carbonyl (C=O) groups is 2. The van der Waals surface area contributed by atoms with Crippen LogP contribution in [-0.4, -0.2) is 65.7 Å². The van der Waals surface area contributed by atoms with Gasteiger partial charge in [-0.2, -0.15) is 0 Å². The van der Waals surface area contributed by atoms with Gasteiger partial charge >= 0.3 is 12.2 Å². The zero-order valence-corrected chi connectivity index (χ0v) is 30.4. The fourth-order valence-corrected chi connectivity index (χ4v) is 8.03. The summed E-state index contributed by atoms with van der Waals surface area (Å²) >= 11 is 1.65. The first-order valence-corrected chi connectivity index (χ1v) is 18.0. The fraction of sp³-hybridized carbons (Fsp3) is 0.474. The Labute approximate surface area is 291 Å². The Hall–Kier alpha value is -4.38. The summed E-state index contributed by atoms with van der Waals surface area (Å²) in [6.45, 7) is 16.2. The number of aromatic amines is 2. The molecule has 2 N–H and O–H groups in total. The van der Waals surface area contributed by atoms with Crippen molar-refractivity contribution in [3.63, 3.8) is 0 Å². The van der Waals surface area contributed by atoms with Crippen molar-refractivity contribution in [1.29, 1.82) is 0 Å². The highest BCUT2D eigenvalue weighted by molar-refractivity contribution is 7.21. The van der Waals surface area contributed by atoms with Gasteiger partial charge in [-0.1, -0.05) is 37.3 Å². The summed E-state index contributed by atoms with van der Waals surface area (Å²) in [5, 5.41) is 0. The molecule has 7 rings (SSSR count). The highest BCUT2D eigenvalue weighted by atomic mass is 32.1. The predicted molar refractivity (Wildman–Crippen MR) is 193 cm³/mol. The molecule has 2 aliphatic heterocycles. The van der Waals surface area contributed by atoms with Crippen molar-refractivity contribution in [2.75, 3.05) is 6.54 Å². The molecule has 2 fully saturated rings. The number of hydrogen-bond acceptors (Lipinski definition) is 7. The predicted octanol–water partition coefficient (Wildman–Crippen LogP) is 9.61. The molecule has 2 unspecified atom stereocenters. The number of fused-ring (bicyclic) bond motifs is 2. The number of hydrogen-bond donors (Lipinski definition) is 2. The van der Waals surface area contributed by atoms with E-state index in [2.05, 4.69) is 66.3 Å². The van der Waals surface area contributed by atoms with Crippen LogP contribution in [0.1, 0.15) is 98.4 Å². The van der Waals surface area contributed by atoms with Crippen molar-refractivity contribution in [2.45, 2.75) is 104 Å². The van der Waals surface area contributed by atoms with Crippen LogP contribution in [0.4, 0.5) is 9.59 Å². The first-order valence-electron chi connectivity index (χ1n) is 17.2. The number of thiophene rings is 1. The zero-order chi connectivity index (χ0) is 34.8. The third-order valence-electron chi connectivity index (χ3n) is 9.24. The van der Waals surface area contributed by atoms with Crippen LogP contribution in [-0.2, 0) is 9.47 Å². The number of nitrogens with one attached hydrogen (secondary N) is 2. The first-order chi connectivity index (χ1) is 23.1. The lowest BCUT2D eigenvalue weighted by atomic mass is 10.0. The summed E-state index contributed by atoms with van der Waals surface area (Å²) in [5.74, 6) is 1.98. The molecule has 0 spiro atoms. The van der Waals surface area contributed by atoms with E-state index in [-0.39, 0.29) is 30.3 Å². The number of amides is 2. The van der Waals surface area contributed by atoms with E-state index in [9.17, 15) is 9.59 Å². The average Bonchev–Trinajstić information content (AvgIpc) is 3.82. The Morgan fingerprint density at radius 1 is 0.776 bits per heavy atom. The molecular formula is C38H46N6O4S. The largest absolute Gasteiger partial charge is 0.444 e. The molecule has 0 bridgehead atoms. The molecule has 2 amide bonds. The third kappa shape index (κ3) is 6.77. The van der Waals surface area contributed by atoms with Crippen molar-refractivity contribution in [3.05, 3.63) is 60.2 Å². The van der Waals surface area contributed by atoms with Gasteiger partial charge in [-0.25, -0.2) is 19.6 Å². The SMILES string of the molecule is CC1CC(c2nc3sc(-c4ccc(-c5ccc6nc([C@@H]7CC[C@H](C)N7C(=O)OC(C)(C)C)[nH]c6c5)cc4)cc3[nH]2)N(C(=O)OC(C)(C)C)C1. The van der Waals surface area contributed by atoms with Gasteiger partial charge in [0.2, 0.25) is 0 Å². The molecule has 2 aromatic carbocycles. The van der Waals surface area contributed by atoms with Crippen LogP contribution in [0.15, 0.2) is 48.5 Å². The molecule has 0 aliphatic carbocycles. The normalized spacial score (nSPS) is 21.6. The molecule has 2 saturated heterocycles. The van der Waals surface area contributed by atoms with Crippen LogP contribution in [0.5, 0.6) is 0 Å². The standard InChI is InChI=1S/C38H46N6O4S/c1-21-17-30(43(20-21)35(45)47-37(3,4)5)33-41-28-19-31(49-34(28)42-33)24-12-10-23(11-13-24)25-14-15-26-27(18-25)40-32(39-26)29-16-9-22(2)44(29)36(46)48-38(6,7)8/h10-15,18-19,21-22,29-30H,9,16-17,20H2,1-8H3,(H,39,40)(H,41,42)/t21?,22-,29-,30?/m0/s1. The highest BCUT2D eigenvalue weighted by Crippen LogP contribution is 2.40. The summed E-state index contributed by atoms with van der Waals surface area (Å²) in [6.07, 6.45) is 2.01. The molecule has 11 heteroatoms. The van der Waals surface area contributed by atoms with Crippen LogP contribution in [0.25, 0.3) is 42.9 Å². The molecular weight excluding hydrogens is 637 g/mol. The lowest BCUT2D eigenvalue weighted by Gasteiger charge is -2.30. The number of ether oxygens (including phenoxy) is 2. The van der Waals surface area contributed by atoms with Crippen molar-refractivity contribution in [2.24, 2.45) is 5.92 Å². The van der Waals surface area contributed by atoms with Crippen LogP contribution < -0.4 is 0 Å². The van der Waals surface area contributed by atoms with Gasteiger partial charge in [0.1, 0.15) is 27.7 Å². The molecule has 49 heavy (non-hydrogen) atoms. The first kappa shape index (κ1) is 33.1. The van der Waals surface area contributed by atoms with E-state index in [1.54, 1.807) is 11.3 Å². The van der Waals surface area contributed by atoms with Gasteiger partial charge in [0.15, 0.2) is 0 Å². The van der Waals surface area contributed by atoms with E-state index in [1.165, 1.54) is 0 Å². The number of aromatic nitrogens is 4. The highest BCUT2D eigenvalue weighted by Gasteiger charge is 2.40. The van der Waals surface area contributed by atoms with Crippen LogP contribution in [0, 0.1) is 5.92 Å². The maximum absolute atomic E-state index is 13.1. The van der Waals surface area contributed by atoms with Crippen LogP contribution in [0.3, 0.4) is 0 Å². The number of imidazole rings is 2. The number of nitrogens with zero attached hydrogens (tertiary/aromatic N) is 4. The Bertz CT molecular complexity index is 1980. The molecule has 5 heterocycles. The van der Waals surface area contributed by atoms with Crippen molar-refractivity contribution in [1.82, 2.24) is 29.7 Å². The fourth-order valence-electron chi connectivity index (χ4n) is 7.03. The van der Waals surface area contributed by atoms with E-state index < -0.39 is 11.2 Å². The number of rotatable bonds is 4. The quantitative estimate of drug-likeness (QED) is 0.195. The van der Waals surface area contributed by atoms with Gasteiger partial charge in [0.25, 0.3) is 0 Å². The Morgan fingerprint density at radius 2 is 1.41 bits per heavy atom. The van der Waals surface area contributed by atoms with Gasteiger partial charge in [-0.3, -0.25) is 9.80 Å². The second-order valence-electron chi connectivity index (χ2n) is 15.7. The summed E-state index contributed by atoms with van der Waals surface area (Å²) < 4.78 is 11.4. The molecule has 258 valence electrons.